The zero-order chi connectivity index (χ0) is 17.9. The molecule has 1 aliphatic rings. The number of hydrogen-bond acceptors (Lipinski definition) is 3. The summed E-state index contributed by atoms with van der Waals surface area (Å²) in [6.07, 6.45) is 1.48. The molecule has 0 spiro atoms. The molecule has 2 unspecified atom stereocenters. The summed E-state index contributed by atoms with van der Waals surface area (Å²) >= 11 is 0. The molecule has 4 nitrogen and oxygen atoms in total. The first-order valence-electron chi connectivity index (χ1n) is 8.73. The molecule has 0 aliphatic carbocycles. The third-order valence-electron chi connectivity index (χ3n) is 5.26. The van der Waals surface area contributed by atoms with Gasteiger partial charge in [-0.2, -0.15) is 0 Å². The summed E-state index contributed by atoms with van der Waals surface area (Å²) < 4.78 is 13.4. The number of piperidine rings is 1. The molecule has 1 saturated heterocycles. The largest absolute Gasteiger partial charge is 0.393 e. The predicted octanol–water partition coefficient (Wildman–Crippen LogP) is 2.69. The van der Waals surface area contributed by atoms with E-state index in [2.05, 4.69) is 18.7 Å². The fraction of sp³-hybridized carbons (Fsp3) is 0.632. The van der Waals surface area contributed by atoms with E-state index in [0.717, 1.165) is 32.5 Å². The van der Waals surface area contributed by atoms with Crippen molar-refractivity contribution < 1.29 is 14.3 Å². The van der Waals surface area contributed by atoms with E-state index in [1.165, 1.54) is 6.07 Å². The molecule has 1 fully saturated rings. The van der Waals surface area contributed by atoms with E-state index in [9.17, 15) is 14.3 Å². The average molecular weight is 336 g/mol. The zero-order valence-electron chi connectivity index (χ0n) is 15.1. The van der Waals surface area contributed by atoms with Crippen LogP contribution in [0.4, 0.5) is 4.39 Å². The van der Waals surface area contributed by atoms with Crippen LogP contribution in [0.25, 0.3) is 0 Å². The van der Waals surface area contributed by atoms with Gasteiger partial charge < -0.3 is 14.9 Å². The highest BCUT2D eigenvalue weighted by molar-refractivity contribution is 5.94. The molecule has 1 heterocycles. The quantitative estimate of drug-likeness (QED) is 0.899. The standard InChI is InChI=1S/C19H29FN2O2/c1-13-11-16(5-6-18(13)20)19(24)21(4)15(3)14(2)12-22-9-7-17(23)8-10-22/h5-6,11,14-15,17,23H,7-10,12H2,1-4H3. The van der Waals surface area contributed by atoms with Gasteiger partial charge in [0.25, 0.3) is 5.91 Å². The molecule has 1 aliphatic heterocycles. The summed E-state index contributed by atoms with van der Waals surface area (Å²) in [5.74, 6) is -0.0508. The van der Waals surface area contributed by atoms with Crippen LogP contribution in [0.5, 0.6) is 0 Å². The third-order valence-corrected chi connectivity index (χ3v) is 5.26. The van der Waals surface area contributed by atoms with Crippen molar-refractivity contribution in [2.24, 2.45) is 5.92 Å². The molecule has 1 aromatic carbocycles. The monoisotopic (exact) mass is 336 g/mol. The summed E-state index contributed by atoms with van der Waals surface area (Å²) in [4.78, 5) is 16.7. The summed E-state index contributed by atoms with van der Waals surface area (Å²) in [5.41, 5.74) is 1.01. The van der Waals surface area contributed by atoms with Crippen LogP contribution < -0.4 is 0 Å². The topological polar surface area (TPSA) is 43.8 Å². The number of carbonyl (C=O) groups excluding carboxylic acids is 1. The van der Waals surface area contributed by atoms with Gasteiger partial charge in [-0.15, -0.1) is 0 Å². The van der Waals surface area contributed by atoms with Gasteiger partial charge in [-0.05, 0) is 56.4 Å². The zero-order valence-corrected chi connectivity index (χ0v) is 15.1. The van der Waals surface area contributed by atoms with Crippen molar-refractivity contribution in [3.05, 3.63) is 35.1 Å². The Morgan fingerprint density at radius 2 is 2.00 bits per heavy atom. The minimum Gasteiger partial charge on any atom is -0.393 e. The van der Waals surface area contributed by atoms with Crippen molar-refractivity contribution in [3.63, 3.8) is 0 Å². The van der Waals surface area contributed by atoms with E-state index < -0.39 is 0 Å². The molecular weight excluding hydrogens is 307 g/mol. The lowest BCUT2D eigenvalue weighted by molar-refractivity contribution is 0.0566. The van der Waals surface area contributed by atoms with Gasteiger partial charge >= 0.3 is 0 Å². The molecule has 2 atom stereocenters. The Balaban J connectivity index is 1.95. The highest BCUT2D eigenvalue weighted by atomic mass is 19.1. The van der Waals surface area contributed by atoms with Crippen molar-refractivity contribution in [3.8, 4) is 0 Å². The van der Waals surface area contributed by atoms with E-state index >= 15 is 0 Å². The molecule has 0 aromatic heterocycles. The fourth-order valence-corrected chi connectivity index (χ4v) is 3.21. The summed E-state index contributed by atoms with van der Waals surface area (Å²) in [5, 5.41) is 9.59. The van der Waals surface area contributed by atoms with Gasteiger partial charge in [0.2, 0.25) is 0 Å². The molecule has 1 amide bonds. The highest BCUT2D eigenvalue weighted by Gasteiger charge is 2.26. The first kappa shape index (κ1) is 18.9. The number of benzene rings is 1. The maximum absolute atomic E-state index is 13.4. The van der Waals surface area contributed by atoms with Gasteiger partial charge in [0, 0.05) is 38.3 Å². The van der Waals surface area contributed by atoms with Crippen LogP contribution in [0.2, 0.25) is 0 Å². The molecular formula is C19H29FN2O2. The second-order valence-electron chi connectivity index (χ2n) is 7.13. The van der Waals surface area contributed by atoms with Crippen LogP contribution in [0, 0.1) is 18.7 Å². The molecule has 0 saturated carbocycles. The van der Waals surface area contributed by atoms with E-state index in [1.807, 2.05) is 7.05 Å². The van der Waals surface area contributed by atoms with Gasteiger partial charge in [-0.3, -0.25) is 4.79 Å². The molecule has 0 bridgehead atoms. The Labute approximate surface area is 144 Å². The van der Waals surface area contributed by atoms with Crippen molar-refractivity contribution in [2.75, 3.05) is 26.7 Å². The van der Waals surface area contributed by atoms with Crippen molar-refractivity contribution >= 4 is 5.91 Å². The van der Waals surface area contributed by atoms with Crippen molar-refractivity contribution in [1.82, 2.24) is 9.80 Å². The second kappa shape index (κ2) is 8.08. The Morgan fingerprint density at radius 1 is 1.38 bits per heavy atom. The Hall–Kier alpha value is -1.46. The first-order chi connectivity index (χ1) is 11.3. The molecule has 1 aromatic rings. The number of aliphatic hydroxyl groups is 1. The molecule has 1 N–H and O–H groups in total. The van der Waals surface area contributed by atoms with Crippen LogP contribution in [0.1, 0.15) is 42.6 Å². The molecule has 24 heavy (non-hydrogen) atoms. The smallest absolute Gasteiger partial charge is 0.253 e. The van der Waals surface area contributed by atoms with Gasteiger partial charge in [0.1, 0.15) is 5.82 Å². The number of aryl methyl sites for hydroxylation is 1. The normalized spacial score (nSPS) is 19.1. The SMILES string of the molecule is Cc1cc(C(=O)N(C)C(C)C(C)CN2CCC(O)CC2)ccc1F. The Kier molecular flexibility index (Phi) is 6.35. The number of rotatable bonds is 5. The average Bonchev–Trinajstić information content (AvgIpc) is 2.57. The predicted molar refractivity (Wildman–Crippen MR) is 93.5 cm³/mol. The van der Waals surface area contributed by atoms with E-state index in [0.29, 0.717) is 17.0 Å². The maximum Gasteiger partial charge on any atom is 0.253 e. The van der Waals surface area contributed by atoms with E-state index in [-0.39, 0.29) is 23.9 Å². The second-order valence-corrected chi connectivity index (χ2v) is 7.13. The fourth-order valence-electron chi connectivity index (χ4n) is 3.21. The first-order valence-corrected chi connectivity index (χ1v) is 8.73. The third kappa shape index (κ3) is 4.54. The van der Waals surface area contributed by atoms with Crippen LogP contribution in [-0.2, 0) is 0 Å². The van der Waals surface area contributed by atoms with Gasteiger partial charge in [-0.25, -0.2) is 4.39 Å². The van der Waals surface area contributed by atoms with Gasteiger partial charge in [0.05, 0.1) is 6.10 Å². The number of likely N-dealkylation sites (tertiary alicyclic amines) is 1. The number of halogens is 1. The summed E-state index contributed by atoms with van der Waals surface area (Å²) in [6, 6.07) is 4.58. The van der Waals surface area contributed by atoms with Crippen molar-refractivity contribution in [1.29, 1.82) is 0 Å². The van der Waals surface area contributed by atoms with Crippen LogP contribution in [-0.4, -0.2) is 59.6 Å². The van der Waals surface area contributed by atoms with Gasteiger partial charge in [-0.1, -0.05) is 6.92 Å². The van der Waals surface area contributed by atoms with Crippen molar-refractivity contribution in [2.45, 2.75) is 45.8 Å². The summed E-state index contributed by atoms with van der Waals surface area (Å²) in [6.45, 7) is 8.60. The number of hydrogen-bond donors (Lipinski definition) is 1. The molecule has 2 rings (SSSR count). The van der Waals surface area contributed by atoms with Crippen LogP contribution in [0.3, 0.4) is 0 Å². The number of nitrogens with zero attached hydrogens (tertiary/aromatic N) is 2. The minimum absolute atomic E-state index is 0.0773. The van der Waals surface area contributed by atoms with Crippen LogP contribution >= 0.6 is 0 Å². The lowest BCUT2D eigenvalue weighted by atomic mass is 9.98. The number of amides is 1. The maximum atomic E-state index is 13.4. The Bertz CT molecular complexity index is 570. The summed E-state index contributed by atoms with van der Waals surface area (Å²) in [7, 11) is 1.81. The van der Waals surface area contributed by atoms with Crippen LogP contribution in [0.15, 0.2) is 18.2 Å². The molecule has 134 valence electrons. The Morgan fingerprint density at radius 3 is 2.58 bits per heavy atom. The van der Waals surface area contributed by atoms with E-state index in [4.69, 9.17) is 0 Å². The van der Waals surface area contributed by atoms with E-state index in [1.54, 1.807) is 24.0 Å². The lowest BCUT2D eigenvalue weighted by Gasteiger charge is -2.36. The highest BCUT2D eigenvalue weighted by Crippen LogP contribution is 2.18. The number of carbonyl (C=O) groups is 1. The lowest BCUT2D eigenvalue weighted by Crippen LogP contribution is -2.45. The molecule has 5 heteroatoms. The van der Waals surface area contributed by atoms with Gasteiger partial charge in [0.15, 0.2) is 0 Å². The minimum atomic E-state index is -0.289. The molecule has 0 radical (unpaired) electrons. The number of aliphatic hydroxyl groups excluding tert-OH is 1.